The SMILES string of the molecule is CCOc1ccc(OCC(=O)N/N=C\c2ccc(CC)cc2)cc1. The first-order valence-corrected chi connectivity index (χ1v) is 7.97. The number of aryl methyl sites for hydroxylation is 1. The predicted octanol–water partition coefficient (Wildman–Crippen LogP) is 3.18. The van der Waals surface area contributed by atoms with E-state index >= 15 is 0 Å². The lowest BCUT2D eigenvalue weighted by molar-refractivity contribution is -0.123. The highest BCUT2D eigenvalue weighted by atomic mass is 16.5. The van der Waals surface area contributed by atoms with Crippen molar-refractivity contribution in [3.8, 4) is 11.5 Å². The monoisotopic (exact) mass is 326 g/mol. The Morgan fingerprint density at radius 1 is 1.00 bits per heavy atom. The molecular formula is C19H22N2O3. The van der Waals surface area contributed by atoms with Crippen LogP contribution in [0.15, 0.2) is 53.6 Å². The molecule has 0 unspecified atom stereocenters. The first-order valence-electron chi connectivity index (χ1n) is 7.97. The zero-order valence-corrected chi connectivity index (χ0v) is 14.0. The van der Waals surface area contributed by atoms with E-state index in [-0.39, 0.29) is 12.5 Å². The van der Waals surface area contributed by atoms with Gasteiger partial charge in [0, 0.05) is 0 Å². The van der Waals surface area contributed by atoms with E-state index in [4.69, 9.17) is 9.47 Å². The van der Waals surface area contributed by atoms with Gasteiger partial charge in [0.2, 0.25) is 0 Å². The summed E-state index contributed by atoms with van der Waals surface area (Å²) in [4.78, 5) is 11.7. The van der Waals surface area contributed by atoms with E-state index in [0.29, 0.717) is 12.4 Å². The van der Waals surface area contributed by atoms with Gasteiger partial charge in [0.05, 0.1) is 12.8 Å². The topological polar surface area (TPSA) is 59.9 Å². The Morgan fingerprint density at radius 2 is 1.62 bits per heavy atom. The third kappa shape index (κ3) is 5.76. The van der Waals surface area contributed by atoms with Crippen molar-refractivity contribution in [2.24, 2.45) is 5.10 Å². The summed E-state index contributed by atoms with van der Waals surface area (Å²) < 4.78 is 10.7. The van der Waals surface area contributed by atoms with Gasteiger partial charge in [-0.3, -0.25) is 4.79 Å². The van der Waals surface area contributed by atoms with Crippen LogP contribution in [0, 0.1) is 0 Å². The molecule has 0 saturated carbocycles. The van der Waals surface area contributed by atoms with E-state index < -0.39 is 0 Å². The fraction of sp³-hybridized carbons (Fsp3) is 0.263. The van der Waals surface area contributed by atoms with Gasteiger partial charge >= 0.3 is 0 Å². The zero-order chi connectivity index (χ0) is 17.2. The minimum absolute atomic E-state index is 0.0971. The fourth-order valence-corrected chi connectivity index (χ4v) is 2.00. The molecule has 126 valence electrons. The number of hydrogen-bond acceptors (Lipinski definition) is 4. The highest BCUT2D eigenvalue weighted by molar-refractivity contribution is 5.82. The zero-order valence-electron chi connectivity index (χ0n) is 14.0. The standard InChI is InChI=1S/C19H22N2O3/c1-3-15-5-7-16(8-6-15)13-20-21-19(22)14-24-18-11-9-17(10-12-18)23-4-2/h5-13H,3-4,14H2,1-2H3,(H,21,22)/b20-13-. The maximum atomic E-state index is 11.7. The van der Waals surface area contributed by atoms with Crippen molar-refractivity contribution in [2.45, 2.75) is 20.3 Å². The quantitative estimate of drug-likeness (QED) is 0.599. The molecule has 0 aliphatic heterocycles. The summed E-state index contributed by atoms with van der Waals surface area (Å²) in [6, 6.07) is 15.1. The second-order valence-corrected chi connectivity index (χ2v) is 5.08. The molecule has 0 aliphatic carbocycles. The van der Waals surface area contributed by atoms with Crippen molar-refractivity contribution in [3.63, 3.8) is 0 Å². The summed E-state index contributed by atoms with van der Waals surface area (Å²) >= 11 is 0. The van der Waals surface area contributed by atoms with Crippen molar-refractivity contribution >= 4 is 12.1 Å². The number of carbonyl (C=O) groups excluding carboxylic acids is 1. The third-order valence-electron chi connectivity index (χ3n) is 3.30. The van der Waals surface area contributed by atoms with Crippen LogP contribution < -0.4 is 14.9 Å². The molecule has 0 bridgehead atoms. The number of benzene rings is 2. The maximum Gasteiger partial charge on any atom is 0.277 e. The van der Waals surface area contributed by atoms with Crippen molar-refractivity contribution in [1.29, 1.82) is 0 Å². The Bertz CT molecular complexity index is 664. The number of carbonyl (C=O) groups is 1. The Kier molecular flexibility index (Phi) is 6.83. The smallest absolute Gasteiger partial charge is 0.277 e. The van der Waals surface area contributed by atoms with Gasteiger partial charge in [0.15, 0.2) is 6.61 Å². The lowest BCUT2D eigenvalue weighted by atomic mass is 10.1. The van der Waals surface area contributed by atoms with E-state index in [9.17, 15) is 4.79 Å². The molecule has 24 heavy (non-hydrogen) atoms. The van der Waals surface area contributed by atoms with Gasteiger partial charge in [-0.2, -0.15) is 5.10 Å². The van der Waals surface area contributed by atoms with Crippen molar-refractivity contribution in [3.05, 3.63) is 59.7 Å². The molecule has 2 rings (SSSR count). The lowest BCUT2D eigenvalue weighted by Gasteiger charge is -2.06. The molecular weight excluding hydrogens is 304 g/mol. The molecule has 0 atom stereocenters. The molecule has 2 aromatic rings. The number of hydrogen-bond donors (Lipinski definition) is 1. The highest BCUT2D eigenvalue weighted by Crippen LogP contribution is 2.17. The Hall–Kier alpha value is -2.82. The fourth-order valence-electron chi connectivity index (χ4n) is 2.00. The van der Waals surface area contributed by atoms with E-state index in [0.717, 1.165) is 17.7 Å². The molecule has 5 heteroatoms. The minimum Gasteiger partial charge on any atom is -0.494 e. The minimum atomic E-state index is -0.315. The molecule has 1 amide bonds. The largest absolute Gasteiger partial charge is 0.494 e. The molecule has 0 aromatic heterocycles. The number of nitrogens with zero attached hydrogens (tertiary/aromatic N) is 1. The summed E-state index contributed by atoms with van der Waals surface area (Å²) in [6.45, 7) is 4.54. The molecule has 0 aliphatic rings. The van der Waals surface area contributed by atoms with E-state index in [2.05, 4.69) is 17.5 Å². The molecule has 0 fully saturated rings. The molecule has 0 spiro atoms. The Balaban J connectivity index is 1.75. The van der Waals surface area contributed by atoms with E-state index in [1.165, 1.54) is 5.56 Å². The lowest BCUT2D eigenvalue weighted by Crippen LogP contribution is -2.24. The van der Waals surface area contributed by atoms with Gasteiger partial charge in [-0.15, -0.1) is 0 Å². The summed E-state index contributed by atoms with van der Waals surface area (Å²) in [6.07, 6.45) is 2.60. The van der Waals surface area contributed by atoms with Crippen molar-refractivity contribution in [2.75, 3.05) is 13.2 Å². The molecule has 0 radical (unpaired) electrons. The second-order valence-electron chi connectivity index (χ2n) is 5.08. The van der Waals surface area contributed by atoms with Crippen LogP contribution in [0.25, 0.3) is 0 Å². The van der Waals surface area contributed by atoms with Gasteiger partial charge in [-0.25, -0.2) is 5.43 Å². The number of nitrogens with one attached hydrogen (secondary N) is 1. The van der Waals surface area contributed by atoms with Crippen molar-refractivity contribution in [1.82, 2.24) is 5.43 Å². The number of hydrazone groups is 1. The van der Waals surface area contributed by atoms with Gasteiger partial charge in [-0.1, -0.05) is 31.2 Å². The predicted molar refractivity (Wildman–Crippen MR) is 94.7 cm³/mol. The Morgan fingerprint density at radius 3 is 2.21 bits per heavy atom. The molecule has 0 heterocycles. The maximum absolute atomic E-state index is 11.7. The van der Waals surface area contributed by atoms with Crippen LogP contribution in [0.2, 0.25) is 0 Å². The number of ether oxygens (including phenoxy) is 2. The van der Waals surface area contributed by atoms with Crippen LogP contribution in [0.1, 0.15) is 25.0 Å². The van der Waals surface area contributed by atoms with Gasteiger partial charge in [0.25, 0.3) is 5.91 Å². The second kappa shape index (κ2) is 9.35. The molecule has 0 saturated heterocycles. The average Bonchev–Trinajstić information content (AvgIpc) is 2.62. The number of amides is 1. The van der Waals surface area contributed by atoms with Crippen LogP contribution in [0.5, 0.6) is 11.5 Å². The van der Waals surface area contributed by atoms with Crippen molar-refractivity contribution < 1.29 is 14.3 Å². The summed E-state index contributed by atoms with van der Waals surface area (Å²) in [5.41, 5.74) is 4.64. The van der Waals surface area contributed by atoms with Crippen LogP contribution in [-0.2, 0) is 11.2 Å². The van der Waals surface area contributed by atoms with Crippen LogP contribution in [0.4, 0.5) is 0 Å². The first-order chi connectivity index (χ1) is 11.7. The van der Waals surface area contributed by atoms with Gasteiger partial charge in [-0.05, 0) is 48.7 Å². The van der Waals surface area contributed by atoms with Crippen LogP contribution in [0.3, 0.4) is 0 Å². The molecule has 1 N–H and O–H groups in total. The van der Waals surface area contributed by atoms with Crippen LogP contribution in [-0.4, -0.2) is 25.3 Å². The summed E-state index contributed by atoms with van der Waals surface area (Å²) in [5, 5.41) is 3.92. The Labute approximate surface area is 142 Å². The third-order valence-corrected chi connectivity index (χ3v) is 3.30. The summed E-state index contributed by atoms with van der Waals surface area (Å²) in [5.74, 6) is 1.06. The molecule has 5 nitrogen and oxygen atoms in total. The summed E-state index contributed by atoms with van der Waals surface area (Å²) in [7, 11) is 0. The first kappa shape index (κ1) is 17.5. The number of rotatable bonds is 8. The normalized spacial score (nSPS) is 10.6. The van der Waals surface area contributed by atoms with Crippen LogP contribution >= 0.6 is 0 Å². The average molecular weight is 326 g/mol. The van der Waals surface area contributed by atoms with E-state index in [1.54, 1.807) is 30.5 Å². The highest BCUT2D eigenvalue weighted by Gasteiger charge is 2.02. The van der Waals surface area contributed by atoms with E-state index in [1.807, 2.05) is 31.2 Å². The van der Waals surface area contributed by atoms with Gasteiger partial charge < -0.3 is 9.47 Å². The molecule has 2 aromatic carbocycles. The van der Waals surface area contributed by atoms with Gasteiger partial charge in [0.1, 0.15) is 11.5 Å².